The Morgan fingerprint density at radius 1 is 0.971 bits per heavy atom. The van der Waals surface area contributed by atoms with Crippen LogP contribution in [0.3, 0.4) is 0 Å². The molecule has 0 atom stereocenters. The van der Waals surface area contributed by atoms with E-state index in [1.165, 1.54) is 17.0 Å². The van der Waals surface area contributed by atoms with Crippen LogP contribution in [0.5, 0.6) is 5.75 Å². The average Bonchev–Trinajstić information content (AvgIpc) is 2.76. The first kappa shape index (κ1) is 25.2. The van der Waals surface area contributed by atoms with Crippen LogP contribution in [-0.2, 0) is 22.8 Å². The van der Waals surface area contributed by atoms with Crippen LogP contribution in [-0.4, -0.2) is 25.3 Å². The Morgan fingerprint density at radius 3 is 2.15 bits per heavy atom. The fourth-order valence-electron chi connectivity index (χ4n) is 3.12. The van der Waals surface area contributed by atoms with Gasteiger partial charge >= 0.3 is 16.3 Å². The number of hydrogen-bond acceptors (Lipinski definition) is 4. The lowest BCUT2D eigenvalue weighted by molar-refractivity contribution is -0.137. The van der Waals surface area contributed by atoms with E-state index < -0.39 is 33.6 Å². The summed E-state index contributed by atoms with van der Waals surface area (Å²) in [5.41, 5.74) is -0.221. The van der Waals surface area contributed by atoms with E-state index in [9.17, 15) is 30.8 Å². The van der Waals surface area contributed by atoms with Gasteiger partial charge in [-0.2, -0.15) is 21.6 Å². The molecule has 0 unspecified atom stereocenters. The van der Waals surface area contributed by atoms with Crippen LogP contribution in [0.1, 0.15) is 35.3 Å². The van der Waals surface area contributed by atoms with Crippen LogP contribution >= 0.6 is 0 Å². The zero-order valence-corrected chi connectivity index (χ0v) is 19.0. The van der Waals surface area contributed by atoms with E-state index in [2.05, 4.69) is 0 Å². The van der Waals surface area contributed by atoms with Gasteiger partial charge in [0.1, 0.15) is 16.5 Å². The van der Waals surface area contributed by atoms with Gasteiger partial charge in [-0.3, -0.25) is 4.79 Å². The number of nitrogens with zero attached hydrogens (tertiary/aromatic N) is 1. The first-order valence-corrected chi connectivity index (χ1v) is 11.5. The summed E-state index contributed by atoms with van der Waals surface area (Å²) < 4.78 is 81.6. The molecule has 0 aliphatic heterocycles. The minimum atomic E-state index is -4.51. The lowest BCUT2D eigenvalue weighted by atomic mass is 10.1. The predicted octanol–water partition coefficient (Wildman–Crippen LogP) is 5.66. The highest BCUT2D eigenvalue weighted by molar-refractivity contribution is 7.87. The molecule has 1 amide bonds. The predicted molar refractivity (Wildman–Crippen MR) is 117 cm³/mol. The van der Waals surface area contributed by atoms with E-state index in [0.29, 0.717) is 5.56 Å². The zero-order valence-electron chi connectivity index (χ0n) is 18.2. The molecule has 0 aliphatic carbocycles. The smallest absolute Gasteiger partial charge is 0.379 e. The van der Waals surface area contributed by atoms with Gasteiger partial charge in [-0.1, -0.05) is 12.1 Å². The molecular formula is C24H21F4NO4S. The molecular weight excluding hydrogens is 474 g/mol. The largest absolute Gasteiger partial charge is 0.416 e. The zero-order chi connectivity index (χ0) is 25.1. The number of rotatable bonds is 7. The highest BCUT2D eigenvalue weighted by Gasteiger charge is 2.30. The number of carbonyl (C=O) groups excluding carboxylic acids is 1. The quantitative estimate of drug-likeness (QED) is 0.313. The second kappa shape index (κ2) is 9.84. The molecule has 0 N–H and O–H groups in total. The molecule has 0 spiro atoms. The van der Waals surface area contributed by atoms with Crippen LogP contribution in [0, 0.1) is 5.82 Å². The van der Waals surface area contributed by atoms with E-state index in [0.717, 1.165) is 48.5 Å². The van der Waals surface area contributed by atoms with Crippen LogP contribution in [0.15, 0.2) is 77.7 Å². The third-order valence-electron chi connectivity index (χ3n) is 4.90. The first-order valence-electron chi connectivity index (χ1n) is 10.1. The minimum absolute atomic E-state index is 0.00693. The molecule has 0 aliphatic rings. The number of hydrogen-bond donors (Lipinski definition) is 0. The van der Waals surface area contributed by atoms with Crippen molar-refractivity contribution >= 4 is 16.0 Å². The summed E-state index contributed by atoms with van der Waals surface area (Å²) >= 11 is 0. The van der Waals surface area contributed by atoms with Gasteiger partial charge in [0.25, 0.3) is 5.91 Å². The summed E-state index contributed by atoms with van der Waals surface area (Å²) in [5.74, 6) is -1.08. The van der Waals surface area contributed by atoms with Crippen molar-refractivity contribution in [2.45, 2.75) is 37.5 Å². The highest BCUT2D eigenvalue weighted by Crippen LogP contribution is 2.29. The SMILES string of the molecule is CC(C)N(Cc1cccc(OS(=O)(=O)c2ccc(F)cc2)c1)C(=O)c1ccc(C(F)(F)F)cc1. The van der Waals surface area contributed by atoms with Crippen molar-refractivity contribution in [2.75, 3.05) is 0 Å². The van der Waals surface area contributed by atoms with E-state index >= 15 is 0 Å². The molecule has 3 rings (SSSR count). The third-order valence-corrected chi connectivity index (χ3v) is 6.16. The van der Waals surface area contributed by atoms with Crippen LogP contribution in [0.25, 0.3) is 0 Å². The number of carbonyl (C=O) groups is 1. The summed E-state index contributed by atoms with van der Waals surface area (Å²) in [4.78, 5) is 14.2. The number of benzene rings is 3. The van der Waals surface area contributed by atoms with Crippen LogP contribution in [0.4, 0.5) is 17.6 Å². The molecule has 0 fully saturated rings. The Kier molecular flexibility index (Phi) is 7.30. The maximum Gasteiger partial charge on any atom is 0.416 e. The lowest BCUT2D eigenvalue weighted by Gasteiger charge is -2.27. The summed E-state index contributed by atoms with van der Waals surface area (Å²) in [6.07, 6.45) is -4.51. The van der Waals surface area contributed by atoms with Crippen LogP contribution < -0.4 is 4.18 Å². The van der Waals surface area contributed by atoms with E-state index in [-0.39, 0.29) is 28.8 Å². The summed E-state index contributed by atoms with van der Waals surface area (Å²) in [7, 11) is -4.21. The van der Waals surface area contributed by atoms with E-state index in [1.54, 1.807) is 26.0 Å². The maximum absolute atomic E-state index is 13.1. The topological polar surface area (TPSA) is 63.7 Å². The maximum atomic E-state index is 13.1. The average molecular weight is 495 g/mol. The molecule has 0 saturated carbocycles. The number of halogens is 4. The molecule has 34 heavy (non-hydrogen) atoms. The molecule has 180 valence electrons. The normalized spacial score (nSPS) is 12.0. The van der Waals surface area contributed by atoms with E-state index in [4.69, 9.17) is 4.18 Å². The van der Waals surface area contributed by atoms with Crippen molar-refractivity contribution in [1.29, 1.82) is 0 Å². The fourth-order valence-corrected chi connectivity index (χ4v) is 4.05. The molecule has 10 heteroatoms. The highest BCUT2D eigenvalue weighted by atomic mass is 32.2. The molecule has 3 aromatic rings. The van der Waals surface area contributed by atoms with Gasteiger partial charge in [0.05, 0.1) is 5.56 Å². The summed E-state index contributed by atoms with van der Waals surface area (Å²) in [6.45, 7) is 3.56. The van der Waals surface area contributed by atoms with Gasteiger partial charge < -0.3 is 9.08 Å². The van der Waals surface area contributed by atoms with Gasteiger partial charge in [0, 0.05) is 18.2 Å². The minimum Gasteiger partial charge on any atom is -0.379 e. The Bertz CT molecular complexity index is 1260. The van der Waals surface area contributed by atoms with Gasteiger partial charge in [-0.15, -0.1) is 0 Å². The van der Waals surface area contributed by atoms with Gasteiger partial charge in [-0.05, 0) is 80.1 Å². The molecule has 0 radical (unpaired) electrons. The molecule has 0 saturated heterocycles. The molecule has 0 aromatic heterocycles. The Labute approximate surface area is 194 Å². The summed E-state index contributed by atoms with van der Waals surface area (Å²) in [5, 5.41) is 0. The van der Waals surface area contributed by atoms with Gasteiger partial charge in [0.2, 0.25) is 0 Å². The molecule has 3 aromatic carbocycles. The number of amides is 1. The third kappa shape index (κ3) is 6.13. The Morgan fingerprint density at radius 2 is 1.59 bits per heavy atom. The number of alkyl halides is 3. The van der Waals surface area contributed by atoms with Crippen LogP contribution in [0.2, 0.25) is 0 Å². The second-order valence-corrected chi connectivity index (χ2v) is 9.29. The molecule has 0 heterocycles. The van der Waals surface area contributed by atoms with Crippen molar-refractivity contribution in [3.63, 3.8) is 0 Å². The van der Waals surface area contributed by atoms with Gasteiger partial charge in [-0.25, -0.2) is 4.39 Å². The second-order valence-electron chi connectivity index (χ2n) is 7.74. The van der Waals surface area contributed by atoms with E-state index in [1.807, 2.05) is 0 Å². The van der Waals surface area contributed by atoms with Crippen molar-refractivity contribution in [3.05, 3.63) is 95.3 Å². The summed E-state index contributed by atoms with van der Waals surface area (Å²) in [6, 6.07) is 13.9. The van der Waals surface area contributed by atoms with Crippen molar-refractivity contribution in [1.82, 2.24) is 4.90 Å². The monoisotopic (exact) mass is 495 g/mol. The van der Waals surface area contributed by atoms with Crippen molar-refractivity contribution < 1.29 is 35.0 Å². The Hall–Kier alpha value is -3.40. The van der Waals surface area contributed by atoms with Crippen molar-refractivity contribution in [3.8, 4) is 5.75 Å². The Balaban J connectivity index is 1.79. The lowest BCUT2D eigenvalue weighted by Crippen LogP contribution is -2.36. The first-order chi connectivity index (χ1) is 15.9. The van der Waals surface area contributed by atoms with Crippen molar-refractivity contribution in [2.24, 2.45) is 0 Å². The molecule has 0 bridgehead atoms. The van der Waals surface area contributed by atoms with Gasteiger partial charge in [0.15, 0.2) is 0 Å². The molecule has 5 nitrogen and oxygen atoms in total. The standard InChI is InChI=1S/C24H21F4NO4S/c1-16(2)29(23(30)18-6-8-19(9-7-18)24(26,27)28)15-17-4-3-5-21(14-17)33-34(31,32)22-12-10-20(25)11-13-22/h3-14,16H,15H2,1-2H3. The fraction of sp³-hybridized carbons (Fsp3) is 0.208.